The quantitative estimate of drug-likeness (QED) is 0.162. The summed E-state index contributed by atoms with van der Waals surface area (Å²) in [4.78, 5) is 30.9. The van der Waals surface area contributed by atoms with Gasteiger partial charge in [0.2, 0.25) is 5.91 Å². The second-order valence-electron chi connectivity index (χ2n) is 7.32. The van der Waals surface area contributed by atoms with Crippen LogP contribution in [-0.2, 0) is 17.5 Å². The molecule has 0 unspecified atom stereocenters. The minimum absolute atomic E-state index is 0.0371. The smallest absolute Gasteiger partial charge is 0.325 e. The number of aromatic nitrogens is 2. The van der Waals surface area contributed by atoms with Crippen LogP contribution >= 0.6 is 34.7 Å². The van der Waals surface area contributed by atoms with E-state index < -0.39 is 22.7 Å². The second-order valence-corrected chi connectivity index (χ2v) is 9.53. The predicted molar refractivity (Wildman–Crippen MR) is 135 cm³/mol. The van der Waals surface area contributed by atoms with Crippen LogP contribution in [0.25, 0.3) is 21.3 Å². The second kappa shape index (κ2) is 10.3. The monoisotopic (exact) mass is 535 g/mol. The minimum Gasteiger partial charge on any atom is -0.325 e. The van der Waals surface area contributed by atoms with E-state index in [2.05, 4.69) is 16.9 Å². The number of anilines is 1. The summed E-state index contributed by atoms with van der Waals surface area (Å²) >= 11 is 7.96. The third kappa shape index (κ3) is 5.44. The SMILES string of the molecule is C=CCn1c(SCC(=O)Nc2ccc(Cl)c(C(F)(F)F)c2)nc2scc(-c3ccccc3)c2c1=O. The number of carbonyl (C=O) groups is 1. The number of nitrogens with one attached hydrogen (secondary N) is 1. The zero-order chi connectivity index (χ0) is 25.2. The summed E-state index contributed by atoms with van der Waals surface area (Å²) in [6.07, 6.45) is -3.09. The first-order valence-corrected chi connectivity index (χ1v) is 12.4. The number of hydrogen-bond acceptors (Lipinski definition) is 5. The van der Waals surface area contributed by atoms with Crippen LogP contribution in [0, 0.1) is 0 Å². The molecule has 0 saturated heterocycles. The van der Waals surface area contributed by atoms with Gasteiger partial charge in [-0.15, -0.1) is 17.9 Å². The lowest BCUT2D eigenvalue weighted by molar-refractivity contribution is -0.137. The topological polar surface area (TPSA) is 64.0 Å². The minimum atomic E-state index is -4.65. The number of benzene rings is 2. The van der Waals surface area contributed by atoms with Crippen molar-refractivity contribution in [2.75, 3.05) is 11.1 Å². The highest BCUT2D eigenvalue weighted by atomic mass is 35.5. The molecule has 0 spiro atoms. The number of halogens is 4. The highest BCUT2D eigenvalue weighted by Gasteiger charge is 2.33. The highest BCUT2D eigenvalue weighted by Crippen LogP contribution is 2.36. The highest BCUT2D eigenvalue weighted by molar-refractivity contribution is 7.99. The van der Waals surface area contributed by atoms with Crippen LogP contribution in [-0.4, -0.2) is 21.2 Å². The van der Waals surface area contributed by atoms with E-state index in [1.807, 2.05) is 35.7 Å². The van der Waals surface area contributed by atoms with E-state index in [9.17, 15) is 22.8 Å². The van der Waals surface area contributed by atoms with Crippen LogP contribution in [0.15, 0.2) is 76.5 Å². The summed E-state index contributed by atoms with van der Waals surface area (Å²) in [6, 6.07) is 12.6. The van der Waals surface area contributed by atoms with Crippen LogP contribution in [0.4, 0.5) is 18.9 Å². The average Bonchev–Trinajstić information content (AvgIpc) is 3.25. The van der Waals surface area contributed by atoms with Gasteiger partial charge in [0, 0.05) is 23.2 Å². The van der Waals surface area contributed by atoms with Crippen molar-refractivity contribution in [3.05, 3.63) is 87.5 Å². The number of allylic oxidation sites excluding steroid dienone is 1. The molecule has 0 saturated carbocycles. The molecule has 0 aliphatic heterocycles. The lowest BCUT2D eigenvalue weighted by Gasteiger charge is -2.13. The van der Waals surface area contributed by atoms with Crippen LogP contribution in [0.1, 0.15) is 5.56 Å². The van der Waals surface area contributed by atoms with Crippen molar-refractivity contribution in [3.8, 4) is 11.1 Å². The molecule has 0 atom stereocenters. The van der Waals surface area contributed by atoms with Gasteiger partial charge in [0.15, 0.2) is 5.16 Å². The first kappa shape index (κ1) is 25.0. The molecule has 0 radical (unpaired) electrons. The molecule has 2 aromatic carbocycles. The Balaban J connectivity index is 1.59. The van der Waals surface area contributed by atoms with Crippen molar-refractivity contribution in [3.63, 3.8) is 0 Å². The van der Waals surface area contributed by atoms with Gasteiger partial charge < -0.3 is 5.32 Å². The third-order valence-corrected chi connectivity index (χ3v) is 7.12. The van der Waals surface area contributed by atoms with E-state index in [1.165, 1.54) is 22.0 Å². The van der Waals surface area contributed by atoms with Gasteiger partial charge in [0.1, 0.15) is 4.83 Å². The number of alkyl halides is 3. The van der Waals surface area contributed by atoms with Crippen LogP contribution in [0.3, 0.4) is 0 Å². The Labute approximate surface area is 211 Å². The summed E-state index contributed by atoms with van der Waals surface area (Å²) in [5.41, 5.74) is 0.334. The standard InChI is InChI=1S/C24H17ClF3N3O2S2/c1-2-10-31-22(33)20-16(14-6-4-3-5-7-14)12-34-21(20)30-23(31)35-13-19(32)29-15-8-9-18(25)17(11-15)24(26,27)28/h2-9,11-12H,1,10,13H2,(H,29,32). The number of nitrogens with zero attached hydrogens (tertiary/aromatic N) is 2. The molecule has 0 aliphatic rings. The van der Waals surface area contributed by atoms with E-state index in [1.54, 1.807) is 6.08 Å². The van der Waals surface area contributed by atoms with Gasteiger partial charge in [-0.05, 0) is 23.8 Å². The molecular formula is C24H17ClF3N3O2S2. The molecule has 0 bridgehead atoms. The summed E-state index contributed by atoms with van der Waals surface area (Å²) in [6.45, 7) is 3.88. The Morgan fingerprint density at radius 3 is 2.66 bits per heavy atom. The van der Waals surface area contributed by atoms with Crippen LogP contribution < -0.4 is 10.9 Å². The van der Waals surface area contributed by atoms with Gasteiger partial charge in [-0.2, -0.15) is 13.2 Å². The van der Waals surface area contributed by atoms with Gasteiger partial charge in [0.25, 0.3) is 5.56 Å². The molecule has 35 heavy (non-hydrogen) atoms. The Morgan fingerprint density at radius 2 is 1.97 bits per heavy atom. The zero-order valence-corrected chi connectivity index (χ0v) is 20.3. The molecule has 4 aromatic rings. The molecule has 180 valence electrons. The maximum absolute atomic E-state index is 13.3. The van der Waals surface area contributed by atoms with Gasteiger partial charge >= 0.3 is 6.18 Å². The van der Waals surface area contributed by atoms with Crippen molar-refractivity contribution >= 4 is 56.5 Å². The molecule has 4 rings (SSSR count). The van der Waals surface area contributed by atoms with Crippen LogP contribution in [0.5, 0.6) is 0 Å². The summed E-state index contributed by atoms with van der Waals surface area (Å²) in [5.74, 6) is -0.725. The molecule has 5 nitrogen and oxygen atoms in total. The summed E-state index contributed by atoms with van der Waals surface area (Å²) in [7, 11) is 0. The summed E-state index contributed by atoms with van der Waals surface area (Å²) in [5, 5.41) is 4.64. The maximum atomic E-state index is 13.3. The Kier molecular flexibility index (Phi) is 7.34. The van der Waals surface area contributed by atoms with Crippen molar-refractivity contribution in [2.24, 2.45) is 0 Å². The fourth-order valence-corrected chi connectivity index (χ4v) is 5.41. The van der Waals surface area contributed by atoms with E-state index in [0.29, 0.717) is 15.4 Å². The third-order valence-electron chi connectivity index (χ3n) is 4.94. The van der Waals surface area contributed by atoms with E-state index in [-0.39, 0.29) is 23.5 Å². The average molecular weight is 536 g/mol. The lowest BCUT2D eigenvalue weighted by Crippen LogP contribution is -2.23. The molecular weight excluding hydrogens is 519 g/mol. The van der Waals surface area contributed by atoms with E-state index in [0.717, 1.165) is 35.0 Å². The molecule has 2 heterocycles. The number of amides is 1. The number of rotatable bonds is 7. The van der Waals surface area contributed by atoms with Gasteiger partial charge in [0.05, 0.1) is 21.7 Å². The zero-order valence-electron chi connectivity index (χ0n) is 17.9. The molecule has 0 aliphatic carbocycles. The summed E-state index contributed by atoms with van der Waals surface area (Å²) < 4.78 is 40.7. The van der Waals surface area contributed by atoms with E-state index >= 15 is 0 Å². The van der Waals surface area contributed by atoms with Crippen molar-refractivity contribution < 1.29 is 18.0 Å². The van der Waals surface area contributed by atoms with Crippen molar-refractivity contribution in [1.82, 2.24) is 9.55 Å². The molecule has 0 fully saturated rings. The first-order chi connectivity index (χ1) is 16.7. The van der Waals surface area contributed by atoms with Crippen molar-refractivity contribution in [1.29, 1.82) is 0 Å². The van der Waals surface area contributed by atoms with Crippen LogP contribution in [0.2, 0.25) is 5.02 Å². The largest absolute Gasteiger partial charge is 0.417 e. The lowest BCUT2D eigenvalue weighted by atomic mass is 10.1. The molecule has 2 aromatic heterocycles. The number of thioether (sulfide) groups is 1. The maximum Gasteiger partial charge on any atom is 0.417 e. The fraction of sp³-hybridized carbons (Fsp3) is 0.125. The number of carbonyl (C=O) groups excluding carboxylic acids is 1. The van der Waals surface area contributed by atoms with E-state index in [4.69, 9.17) is 11.6 Å². The Bertz CT molecular complexity index is 1470. The number of thiophene rings is 1. The van der Waals surface area contributed by atoms with Gasteiger partial charge in [-0.3, -0.25) is 14.2 Å². The number of hydrogen-bond donors (Lipinski definition) is 1. The molecule has 1 amide bonds. The Hall–Kier alpha value is -3.08. The number of fused-ring (bicyclic) bond motifs is 1. The Morgan fingerprint density at radius 1 is 1.23 bits per heavy atom. The molecule has 1 N–H and O–H groups in total. The normalized spacial score (nSPS) is 11.5. The van der Waals surface area contributed by atoms with Crippen molar-refractivity contribution in [2.45, 2.75) is 17.9 Å². The predicted octanol–water partition coefficient (Wildman–Crippen LogP) is 6.71. The fourth-order valence-electron chi connectivity index (χ4n) is 3.38. The van der Waals surface area contributed by atoms with Gasteiger partial charge in [-0.1, -0.05) is 59.8 Å². The molecule has 11 heteroatoms. The van der Waals surface area contributed by atoms with Gasteiger partial charge in [-0.25, -0.2) is 4.98 Å². The first-order valence-electron chi connectivity index (χ1n) is 10.2.